The fraction of sp³-hybridized carbons (Fsp3) is 0.429. The van der Waals surface area contributed by atoms with Gasteiger partial charge in [0.2, 0.25) is 5.91 Å². The van der Waals surface area contributed by atoms with Crippen molar-refractivity contribution in [2.24, 2.45) is 13.0 Å². The van der Waals surface area contributed by atoms with E-state index in [9.17, 15) is 9.59 Å². The van der Waals surface area contributed by atoms with Gasteiger partial charge in [-0.15, -0.1) is 0 Å². The third-order valence-electron chi connectivity index (χ3n) is 4.70. The molecule has 1 aromatic carbocycles. The molecule has 0 radical (unpaired) electrons. The smallest absolute Gasteiger partial charge is 0.264 e. The fourth-order valence-corrected chi connectivity index (χ4v) is 2.94. The topological polar surface area (TPSA) is 100 Å². The van der Waals surface area contributed by atoms with Crippen LogP contribution in [-0.2, 0) is 24.9 Å². The van der Waals surface area contributed by atoms with Crippen LogP contribution in [0.25, 0.3) is 11.0 Å². The average Bonchev–Trinajstić information content (AvgIpc) is 3.10. The molecule has 0 aliphatic rings. The Hall–Kier alpha value is -3.36. The number of nitrogens with zero attached hydrogens (tertiary/aromatic N) is 4. The number of nitrogens with one attached hydrogen (secondary N) is 1. The first-order chi connectivity index (χ1) is 14.4. The lowest BCUT2D eigenvalue weighted by Crippen LogP contribution is -2.32. The van der Waals surface area contributed by atoms with E-state index in [-0.39, 0.29) is 18.0 Å². The SMILES string of the molecule is COc1cc(CNC(=O)Cn2cnc3c(cnn3C)c2=O)ccc1OCCC(C)C. The van der Waals surface area contributed by atoms with Gasteiger partial charge in [0, 0.05) is 13.6 Å². The van der Waals surface area contributed by atoms with E-state index in [4.69, 9.17) is 9.47 Å². The van der Waals surface area contributed by atoms with E-state index in [0.717, 1.165) is 12.0 Å². The molecule has 9 nitrogen and oxygen atoms in total. The number of methoxy groups -OCH3 is 1. The molecule has 0 bridgehead atoms. The van der Waals surface area contributed by atoms with Gasteiger partial charge in [-0.1, -0.05) is 19.9 Å². The third kappa shape index (κ3) is 4.97. The van der Waals surface area contributed by atoms with Crippen molar-refractivity contribution < 1.29 is 14.3 Å². The summed E-state index contributed by atoms with van der Waals surface area (Å²) in [4.78, 5) is 29.0. The fourth-order valence-electron chi connectivity index (χ4n) is 2.94. The lowest BCUT2D eigenvalue weighted by atomic mass is 10.1. The Labute approximate surface area is 174 Å². The van der Waals surface area contributed by atoms with E-state index in [2.05, 4.69) is 29.2 Å². The second-order valence-corrected chi connectivity index (χ2v) is 7.48. The second kappa shape index (κ2) is 9.43. The van der Waals surface area contributed by atoms with Gasteiger partial charge in [-0.25, -0.2) is 4.98 Å². The molecule has 0 fully saturated rings. The molecular formula is C21H27N5O4. The van der Waals surface area contributed by atoms with Crippen molar-refractivity contribution in [3.63, 3.8) is 0 Å². The number of rotatable bonds is 9. The highest BCUT2D eigenvalue weighted by Crippen LogP contribution is 2.28. The van der Waals surface area contributed by atoms with E-state index in [1.807, 2.05) is 18.2 Å². The summed E-state index contributed by atoms with van der Waals surface area (Å²) < 4.78 is 14.0. The van der Waals surface area contributed by atoms with Gasteiger partial charge < -0.3 is 14.8 Å². The molecule has 3 rings (SSSR count). The minimum Gasteiger partial charge on any atom is -0.493 e. The molecule has 30 heavy (non-hydrogen) atoms. The quantitative estimate of drug-likeness (QED) is 0.575. The zero-order valence-corrected chi connectivity index (χ0v) is 17.7. The van der Waals surface area contributed by atoms with E-state index >= 15 is 0 Å². The Bertz CT molecular complexity index is 1090. The predicted octanol–water partition coefficient (Wildman–Crippen LogP) is 1.88. The van der Waals surface area contributed by atoms with Crippen LogP contribution in [0, 0.1) is 5.92 Å². The summed E-state index contributed by atoms with van der Waals surface area (Å²) >= 11 is 0. The van der Waals surface area contributed by atoms with Crippen LogP contribution in [0.4, 0.5) is 0 Å². The highest BCUT2D eigenvalue weighted by molar-refractivity contribution is 5.77. The minimum atomic E-state index is -0.298. The van der Waals surface area contributed by atoms with Crippen molar-refractivity contribution in [1.82, 2.24) is 24.6 Å². The molecule has 1 N–H and O–H groups in total. The first-order valence-electron chi connectivity index (χ1n) is 9.82. The Kier molecular flexibility index (Phi) is 6.71. The molecule has 3 aromatic rings. The van der Waals surface area contributed by atoms with Crippen LogP contribution in [0.15, 0.2) is 35.5 Å². The Morgan fingerprint density at radius 3 is 2.80 bits per heavy atom. The van der Waals surface area contributed by atoms with Gasteiger partial charge in [0.1, 0.15) is 18.3 Å². The molecule has 0 aliphatic carbocycles. The molecule has 0 atom stereocenters. The van der Waals surface area contributed by atoms with Crippen LogP contribution >= 0.6 is 0 Å². The lowest BCUT2D eigenvalue weighted by Gasteiger charge is -2.13. The molecule has 2 heterocycles. The van der Waals surface area contributed by atoms with Crippen molar-refractivity contribution in [3.05, 3.63) is 46.6 Å². The maximum atomic E-state index is 12.5. The number of ether oxygens (including phenoxy) is 2. The average molecular weight is 413 g/mol. The van der Waals surface area contributed by atoms with Crippen LogP contribution in [0.2, 0.25) is 0 Å². The summed E-state index contributed by atoms with van der Waals surface area (Å²) in [5, 5.41) is 7.21. The van der Waals surface area contributed by atoms with Gasteiger partial charge in [0.05, 0.1) is 19.9 Å². The molecule has 0 saturated carbocycles. The predicted molar refractivity (Wildman–Crippen MR) is 113 cm³/mol. The Morgan fingerprint density at radius 2 is 2.07 bits per heavy atom. The van der Waals surface area contributed by atoms with Crippen molar-refractivity contribution in [2.45, 2.75) is 33.4 Å². The van der Waals surface area contributed by atoms with Crippen LogP contribution in [0.5, 0.6) is 11.5 Å². The summed E-state index contributed by atoms with van der Waals surface area (Å²) in [6.07, 6.45) is 3.77. The Morgan fingerprint density at radius 1 is 1.27 bits per heavy atom. The zero-order valence-electron chi connectivity index (χ0n) is 17.7. The molecular weight excluding hydrogens is 386 g/mol. The zero-order chi connectivity index (χ0) is 21.7. The standard InChI is InChI=1S/C21H27N5O4/c1-14(2)7-8-30-17-6-5-15(9-18(17)29-4)10-22-19(27)12-26-13-23-20-16(21(26)28)11-24-25(20)3/h5-6,9,11,13-14H,7-8,10,12H2,1-4H3,(H,22,27). The molecule has 0 spiro atoms. The summed E-state index contributed by atoms with van der Waals surface area (Å²) in [6, 6.07) is 5.55. The first-order valence-corrected chi connectivity index (χ1v) is 9.82. The second-order valence-electron chi connectivity index (χ2n) is 7.48. The number of carbonyl (C=O) groups excluding carboxylic acids is 1. The summed E-state index contributed by atoms with van der Waals surface area (Å²) in [6.45, 7) is 5.09. The number of amides is 1. The normalized spacial score (nSPS) is 11.1. The summed E-state index contributed by atoms with van der Waals surface area (Å²) in [5.41, 5.74) is 1.05. The third-order valence-corrected chi connectivity index (χ3v) is 4.70. The molecule has 9 heteroatoms. The molecule has 0 saturated heterocycles. The number of hydrogen-bond acceptors (Lipinski definition) is 6. The molecule has 1 amide bonds. The van der Waals surface area contributed by atoms with Crippen LogP contribution in [-0.4, -0.2) is 39.0 Å². The van der Waals surface area contributed by atoms with Crippen LogP contribution in [0.3, 0.4) is 0 Å². The van der Waals surface area contributed by atoms with Crippen molar-refractivity contribution in [1.29, 1.82) is 0 Å². The Balaban J connectivity index is 1.60. The maximum Gasteiger partial charge on any atom is 0.264 e. The highest BCUT2D eigenvalue weighted by atomic mass is 16.5. The van der Waals surface area contributed by atoms with Gasteiger partial charge >= 0.3 is 0 Å². The van der Waals surface area contributed by atoms with Crippen molar-refractivity contribution in [2.75, 3.05) is 13.7 Å². The number of aromatic nitrogens is 4. The minimum absolute atomic E-state index is 0.121. The first kappa shape index (κ1) is 21.4. The molecule has 160 valence electrons. The van der Waals surface area contributed by atoms with Crippen LogP contribution in [0.1, 0.15) is 25.8 Å². The van der Waals surface area contributed by atoms with Gasteiger partial charge in [-0.2, -0.15) is 5.10 Å². The largest absolute Gasteiger partial charge is 0.493 e. The monoisotopic (exact) mass is 413 g/mol. The molecule has 0 unspecified atom stereocenters. The van der Waals surface area contributed by atoms with Crippen LogP contribution < -0.4 is 20.3 Å². The van der Waals surface area contributed by atoms with Crippen molar-refractivity contribution >= 4 is 16.9 Å². The lowest BCUT2D eigenvalue weighted by molar-refractivity contribution is -0.121. The van der Waals surface area contributed by atoms with Gasteiger partial charge in [0.15, 0.2) is 17.1 Å². The number of benzene rings is 1. The number of hydrogen-bond donors (Lipinski definition) is 1. The maximum absolute atomic E-state index is 12.5. The number of fused-ring (bicyclic) bond motifs is 1. The molecule has 2 aromatic heterocycles. The van der Waals surface area contributed by atoms with Crippen molar-refractivity contribution in [3.8, 4) is 11.5 Å². The number of aryl methyl sites for hydroxylation is 1. The van der Waals surface area contributed by atoms with E-state index in [0.29, 0.717) is 41.6 Å². The van der Waals surface area contributed by atoms with E-state index in [1.165, 1.54) is 21.8 Å². The molecule has 0 aliphatic heterocycles. The van der Waals surface area contributed by atoms with E-state index in [1.54, 1.807) is 14.2 Å². The highest BCUT2D eigenvalue weighted by Gasteiger charge is 2.12. The summed E-state index contributed by atoms with van der Waals surface area (Å²) in [7, 11) is 3.29. The number of carbonyl (C=O) groups is 1. The van der Waals surface area contributed by atoms with Gasteiger partial charge in [-0.3, -0.25) is 18.8 Å². The van der Waals surface area contributed by atoms with Gasteiger partial charge in [-0.05, 0) is 30.0 Å². The van der Waals surface area contributed by atoms with Gasteiger partial charge in [0.25, 0.3) is 5.56 Å². The summed E-state index contributed by atoms with van der Waals surface area (Å²) in [5.74, 6) is 1.56. The van der Waals surface area contributed by atoms with E-state index < -0.39 is 0 Å².